The number of carbonyl (C=O) groups excluding carboxylic acids is 1. The Hall–Kier alpha value is -1.77. The summed E-state index contributed by atoms with van der Waals surface area (Å²) < 4.78 is 0. The van der Waals surface area contributed by atoms with Gasteiger partial charge in [0.1, 0.15) is 5.75 Å². The van der Waals surface area contributed by atoms with Crippen LogP contribution in [0.4, 0.5) is 5.69 Å². The van der Waals surface area contributed by atoms with E-state index in [4.69, 9.17) is 5.11 Å². The smallest absolute Gasteiger partial charge is 0.234 e. The van der Waals surface area contributed by atoms with Gasteiger partial charge in [-0.25, -0.2) is 0 Å². The highest BCUT2D eigenvalue weighted by atomic mass is 16.3. The molecule has 0 fully saturated rings. The van der Waals surface area contributed by atoms with E-state index in [1.54, 1.807) is 35.4 Å². The summed E-state index contributed by atoms with van der Waals surface area (Å²) >= 11 is 0. The average Bonchev–Trinajstić information content (AvgIpc) is 2.53. The lowest BCUT2D eigenvalue weighted by Gasteiger charge is -2.12. The van der Waals surface area contributed by atoms with Crippen molar-refractivity contribution in [1.82, 2.24) is 0 Å². The number of amides is 1. The molecule has 1 aromatic carbocycles. The molecule has 0 atom stereocenters. The summed E-state index contributed by atoms with van der Waals surface area (Å²) in [6.07, 6.45) is 4.02. The monoisotopic (exact) mass is 175 g/mol. The number of hydrogen-bond acceptors (Lipinski definition) is 2. The summed E-state index contributed by atoms with van der Waals surface area (Å²) in [5.41, 5.74) is 0.788. The number of phenols is 1. The Balaban J connectivity index is 2.30. The first-order chi connectivity index (χ1) is 6.27. The Morgan fingerprint density at radius 1 is 1.23 bits per heavy atom. The molecule has 2 rings (SSSR count). The van der Waals surface area contributed by atoms with Crippen molar-refractivity contribution in [3.05, 3.63) is 36.5 Å². The second-order valence-corrected chi connectivity index (χ2v) is 2.87. The maximum absolute atomic E-state index is 11.3. The van der Waals surface area contributed by atoms with Gasteiger partial charge < -0.3 is 5.11 Å². The van der Waals surface area contributed by atoms with E-state index in [2.05, 4.69) is 0 Å². The first-order valence-corrected chi connectivity index (χ1v) is 4.05. The van der Waals surface area contributed by atoms with Crippen LogP contribution >= 0.6 is 0 Å². The van der Waals surface area contributed by atoms with E-state index < -0.39 is 0 Å². The lowest BCUT2D eigenvalue weighted by Crippen LogP contribution is -2.19. The van der Waals surface area contributed by atoms with Gasteiger partial charge in [-0.2, -0.15) is 0 Å². The Kier molecular flexibility index (Phi) is 1.77. The molecule has 0 aliphatic carbocycles. The van der Waals surface area contributed by atoms with Crippen LogP contribution in [0.2, 0.25) is 0 Å². The minimum Gasteiger partial charge on any atom is -0.508 e. The molecule has 0 radical (unpaired) electrons. The highest BCUT2D eigenvalue weighted by molar-refractivity contribution is 5.98. The lowest BCUT2D eigenvalue weighted by molar-refractivity contribution is -0.116. The number of anilines is 1. The van der Waals surface area contributed by atoms with Crippen molar-refractivity contribution in [2.24, 2.45) is 0 Å². The second-order valence-electron chi connectivity index (χ2n) is 2.87. The predicted molar refractivity (Wildman–Crippen MR) is 49.3 cm³/mol. The summed E-state index contributed by atoms with van der Waals surface area (Å²) in [5, 5.41) is 9.04. The fourth-order valence-electron chi connectivity index (χ4n) is 1.28. The van der Waals surface area contributed by atoms with Gasteiger partial charge in [0.25, 0.3) is 0 Å². The molecule has 3 nitrogen and oxygen atoms in total. The zero-order valence-corrected chi connectivity index (χ0v) is 6.97. The quantitative estimate of drug-likeness (QED) is 0.704. The third-order valence-electron chi connectivity index (χ3n) is 1.94. The maximum Gasteiger partial charge on any atom is 0.234 e. The average molecular weight is 175 g/mol. The van der Waals surface area contributed by atoms with Crippen LogP contribution in [0.25, 0.3) is 0 Å². The number of rotatable bonds is 1. The summed E-state index contributed by atoms with van der Waals surface area (Å²) in [5.74, 6) is 0.269. The molecular formula is C10H9NO2. The molecular weight excluding hydrogens is 166 g/mol. The van der Waals surface area contributed by atoms with Gasteiger partial charge in [-0.05, 0) is 24.3 Å². The van der Waals surface area contributed by atoms with Crippen LogP contribution in [-0.4, -0.2) is 11.0 Å². The molecule has 0 saturated carbocycles. The van der Waals surface area contributed by atoms with Gasteiger partial charge in [0.2, 0.25) is 5.91 Å². The van der Waals surface area contributed by atoms with Gasteiger partial charge >= 0.3 is 0 Å². The van der Waals surface area contributed by atoms with E-state index in [1.807, 2.05) is 6.08 Å². The van der Waals surface area contributed by atoms with Gasteiger partial charge in [0, 0.05) is 18.3 Å². The van der Waals surface area contributed by atoms with Crippen LogP contribution in [0.5, 0.6) is 5.75 Å². The molecule has 3 heteroatoms. The van der Waals surface area contributed by atoms with E-state index in [1.165, 1.54) is 0 Å². The van der Waals surface area contributed by atoms with Crippen molar-refractivity contribution in [2.75, 3.05) is 4.90 Å². The van der Waals surface area contributed by atoms with Gasteiger partial charge in [-0.15, -0.1) is 0 Å². The molecule has 1 amide bonds. The fraction of sp³-hybridized carbons (Fsp3) is 0.100. The number of benzene rings is 1. The fourth-order valence-corrected chi connectivity index (χ4v) is 1.28. The predicted octanol–water partition coefficient (Wildman–Crippen LogP) is 1.64. The summed E-state index contributed by atoms with van der Waals surface area (Å²) in [7, 11) is 0. The van der Waals surface area contributed by atoms with Crippen molar-refractivity contribution in [3.8, 4) is 5.75 Å². The van der Waals surface area contributed by atoms with Crippen molar-refractivity contribution in [2.45, 2.75) is 6.42 Å². The van der Waals surface area contributed by atoms with E-state index in [9.17, 15) is 4.79 Å². The summed E-state index contributed by atoms with van der Waals surface area (Å²) in [6.45, 7) is 0. The number of aromatic hydroxyl groups is 1. The van der Waals surface area contributed by atoms with Gasteiger partial charge in [0.05, 0.1) is 0 Å². The number of carbonyl (C=O) groups is 1. The SMILES string of the molecule is O=C1CC=CN1c1ccc(O)cc1. The van der Waals surface area contributed by atoms with E-state index in [0.29, 0.717) is 6.42 Å². The van der Waals surface area contributed by atoms with Crippen molar-refractivity contribution in [3.63, 3.8) is 0 Å². The highest BCUT2D eigenvalue weighted by Crippen LogP contribution is 2.21. The second kappa shape index (κ2) is 2.94. The van der Waals surface area contributed by atoms with E-state index in [0.717, 1.165) is 5.69 Å². The first kappa shape index (κ1) is 7.86. The molecule has 13 heavy (non-hydrogen) atoms. The normalized spacial score (nSPS) is 15.4. The Morgan fingerprint density at radius 3 is 2.46 bits per heavy atom. The van der Waals surface area contributed by atoms with Gasteiger partial charge in [-0.1, -0.05) is 6.08 Å². The van der Waals surface area contributed by atoms with Crippen molar-refractivity contribution < 1.29 is 9.90 Å². The molecule has 1 aliphatic heterocycles. The first-order valence-electron chi connectivity index (χ1n) is 4.05. The van der Waals surface area contributed by atoms with E-state index in [-0.39, 0.29) is 11.7 Å². The highest BCUT2D eigenvalue weighted by Gasteiger charge is 2.15. The van der Waals surface area contributed by atoms with Gasteiger partial charge in [-0.3, -0.25) is 9.69 Å². The molecule has 0 aromatic heterocycles. The number of phenolic OH excluding ortho intramolecular Hbond substituents is 1. The van der Waals surface area contributed by atoms with E-state index >= 15 is 0 Å². The molecule has 0 bridgehead atoms. The topological polar surface area (TPSA) is 40.5 Å². The van der Waals surface area contributed by atoms with Crippen LogP contribution in [-0.2, 0) is 4.79 Å². The molecule has 66 valence electrons. The zero-order valence-electron chi connectivity index (χ0n) is 6.97. The number of nitrogens with zero attached hydrogens (tertiary/aromatic N) is 1. The van der Waals surface area contributed by atoms with Crippen LogP contribution in [0.15, 0.2) is 36.5 Å². The van der Waals surface area contributed by atoms with Crippen LogP contribution in [0.1, 0.15) is 6.42 Å². The third kappa shape index (κ3) is 1.40. The number of hydrogen-bond donors (Lipinski definition) is 1. The molecule has 0 unspecified atom stereocenters. The third-order valence-corrected chi connectivity index (χ3v) is 1.94. The molecule has 0 spiro atoms. The van der Waals surface area contributed by atoms with Crippen molar-refractivity contribution in [1.29, 1.82) is 0 Å². The molecule has 1 heterocycles. The maximum atomic E-state index is 11.3. The minimum atomic E-state index is 0.0608. The lowest BCUT2D eigenvalue weighted by atomic mass is 10.3. The molecule has 1 aliphatic rings. The van der Waals surface area contributed by atoms with Crippen LogP contribution < -0.4 is 4.90 Å². The molecule has 1 N–H and O–H groups in total. The Morgan fingerprint density at radius 2 is 1.92 bits per heavy atom. The largest absolute Gasteiger partial charge is 0.508 e. The molecule has 0 saturated heterocycles. The Labute approximate surface area is 75.9 Å². The molecule has 1 aromatic rings. The Bertz CT molecular complexity index is 354. The standard InChI is InChI=1S/C10H9NO2/c12-9-5-3-8(4-6-9)11-7-1-2-10(11)13/h1,3-7,12H,2H2. The van der Waals surface area contributed by atoms with Crippen LogP contribution in [0.3, 0.4) is 0 Å². The zero-order chi connectivity index (χ0) is 9.26. The minimum absolute atomic E-state index is 0.0608. The van der Waals surface area contributed by atoms with Crippen molar-refractivity contribution >= 4 is 11.6 Å². The summed E-state index contributed by atoms with van der Waals surface area (Å²) in [6, 6.07) is 6.55. The van der Waals surface area contributed by atoms with Crippen LogP contribution in [0, 0.1) is 0 Å². The van der Waals surface area contributed by atoms with Gasteiger partial charge in [0.15, 0.2) is 0 Å². The summed E-state index contributed by atoms with van der Waals surface area (Å²) in [4.78, 5) is 12.8.